The van der Waals surface area contributed by atoms with Crippen molar-refractivity contribution >= 4 is 17.6 Å². The Balaban J connectivity index is 2.66. The number of carbonyl (C=O) groups is 1. The lowest BCUT2D eigenvalue weighted by molar-refractivity contribution is 0.0600. The number of hydrogen-bond acceptors (Lipinski definition) is 4. The van der Waals surface area contributed by atoms with E-state index in [4.69, 9.17) is 16.3 Å². The molecule has 0 aliphatic carbocycles. The lowest BCUT2D eigenvalue weighted by Crippen LogP contribution is -2.07. The minimum Gasteiger partial charge on any atom is -0.465 e. The van der Waals surface area contributed by atoms with Crippen molar-refractivity contribution in [3.05, 3.63) is 46.9 Å². The Hall–Kier alpha value is -1.94. The number of ether oxygens (including phenoxy) is 1. The van der Waals surface area contributed by atoms with Crippen LogP contribution in [0.3, 0.4) is 0 Å². The Morgan fingerprint density at radius 2 is 2.06 bits per heavy atom. The molecule has 18 heavy (non-hydrogen) atoms. The zero-order valence-electron chi connectivity index (χ0n) is 9.98. The molecule has 0 bridgehead atoms. The van der Waals surface area contributed by atoms with Crippen molar-refractivity contribution in [3.8, 4) is 11.3 Å². The summed E-state index contributed by atoms with van der Waals surface area (Å²) in [6, 6.07) is 7.20. The molecule has 1 aromatic heterocycles. The smallest absolute Gasteiger partial charge is 0.341 e. The van der Waals surface area contributed by atoms with Gasteiger partial charge in [0.1, 0.15) is 11.4 Å². The Morgan fingerprint density at radius 1 is 1.33 bits per heavy atom. The molecule has 0 aliphatic heterocycles. The summed E-state index contributed by atoms with van der Waals surface area (Å²) in [4.78, 5) is 20.0. The summed E-state index contributed by atoms with van der Waals surface area (Å²) in [5.41, 5.74) is 1.47. The average Bonchev–Trinajstić information content (AvgIpc) is 2.38. The second-order valence-electron chi connectivity index (χ2n) is 3.65. The van der Waals surface area contributed by atoms with E-state index in [-0.39, 0.29) is 0 Å². The van der Waals surface area contributed by atoms with E-state index in [9.17, 15) is 4.79 Å². The zero-order chi connectivity index (χ0) is 13.1. The van der Waals surface area contributed by atoms with Crippen LogP contribution in [0.5, 0.6) is 0 Å². The third-order valence-corrected chi connectivity index (χ3v) is 2.77. The molecule has 0 aliphatic rings. The van der Waals surface area contributed by atoms with E-state index in [1.165, 1.54) is 13.3 Å². The summed E-state index contributed by atoms with van der Waals surface area (Å²) in [6.45, 7) is 1.75. The minimum atomic E-state index is -0.482. The molecule has 0 spiro atoms. The molecule has 0 radical (unpaired) electrons. The number of hydrogen-bond donors (Lipinski definition) is 0. The van der Waals surface area contributed by atoms with Gasteiger partial charge in [0.15, 0.2) is 0 Å². The Bertz CT molecular complexity index is 599. The molecular formula is C13H11ClN2O2. The summed E-state index contributed by atoms with van der Waals surface area (Å²) in [5.74, 6) is 0.0856. The van der Waals surface area contributed by atoms with Crippen LogP contribution in [0.1, 0.15) is 16.2 Å². The number of esters is 1. The number of benzene rings is 1. The van der Waals surface area contributed by atoms with E-state index in [2.05, 4.69) is 9.97 Å². The molecule has 1 heterocycles. The molecule has 2 aromatic rings. The van der Waals surface area contributed by atoms with Crippen molar-refractivity contribution < 1.29 is 9.53 Å². The van der Waals surface area contributed by atoms with E-state index >= 15 is 0 Å². The zero-order valence-corrected chi connectivity index (χ0v) is 10.7. The molecule has 0 saturated carbocycles. The van der Waals surface area contributed by atoms with Crippen LogP contribution in [0.25, 0.3) is 11.3 Å². The van der Waals surface area contributed by atoms with Gasteiger partial charge in [-0.05, 0) is 13.0 Å². The van der Waals surface area contributed by atoms with E-state index in [0.29, 0.717) is 27.7 Å². The van der Waals surface area contributed by atoms with E-state index in [0.717, 1.165) is 0 Å². The van der Waals surface area contributed by atoms with Gasteiger partial charge in [-0.1, -0.05) is 29.8 Å². The van der Waals surface area contributed by atoms with Crippen LogP contribution in [0.4, 0.5) is 0 Å². The molecule has 5 heteroatoms. The quantitative estimate of drug-likeness (QED) is 0.781. The van der Waals surface area contributed by atoms with Crippen LogP contribution in [-0.4, -0.2) is 23.0 Å². The van der Waals surface area contributed by atoms with E-state index in [1.807, 2.05) is 12.1 Å². The predicted octanol–water partition coefficient (Wildman–Crippen LogP) is 2.89. The third-order valence-electron chi connectivity index (χ3n) is 2.44. The molecule has 0 amide bonds. The number of halogens is 1. The molecular weight excluding hydrogens is 252 g/mol. The highest BCUT2D eigenvalue weighted by Crippen LogP contribution is 2.28. The monoisotopic (exact) mass is 262 g/mol. The second-order valence-corrected chi connectivity index (χ2v) is 4.06. The van der Waals surface area contributed by atoms with Crippen LogP contribution in [0, 0.1) is 6.92 Å². The summed E-state index contributed by atoms with van der Waals surface area (Å²) >= 11 is 6.12. The number of aromatic nitrogens is 2. The van der Waals surface area contributed by atoms with Gasteiger partial charge in [0.25, 0.3) is 0 Å². The lowest BCUT2D eigenvalue weighted by Gasteiger charge is -2.08. The fourth-order valence-corrected chi connectivity index (χ4v) is 1.81. The fraction of sp³-hybridized carbons (Fsp3) is 0.154. The first kappa shape index (κ1) is 12.5. The average molecular weight is 263 g/mol. The van der Waals surface area contributed by atoms with Crippen molar-refractivity contribution in [3.63, 3.8) is 0 Å². The van der Waals surface area contributed by atoms with Gasteiger partial charge in [0, 0.05) is 16.8 Å². The summed E-state index contributed by atoms with van der Waals surface area (Å²) in [6.07, 6.45) is 1.45. The van der Waals surface area contributed by atoms with Crippen molar-refractivity contribution in [2.45, 2.75) is 6.92 Å². The fourth-order valence-electron chi connectivity index (χ4n) is 1.59. The normalized spacial score (nSPS) is 10.2. The lowest BCUT2D eigenvalue weighted by atomic mass is 10.1. The third kappa shape index (κ3) is 2.33. The van der Waals surface area contributed by atoms with Gasteiger partial charge in [-0.3, -0.25) is 0 Å². The maximum Gasteiger partial charge on any atom is 0.341 e. The Morgan fingerprint density at radius 3 is 2.72 bits per heavy atom. The molecule has 0 unspecified atom stereocenters. The first-order valence-corrected chi connectivity index (χ1v) is 5.68. The van der Waals surface area contributed by atoms with Gasteiger partial charge in [0.05, 0.1) is 12.8 Å². The Kier molecular flexibility index (Phi) is 3.58. The SMILES string of the molecule is COC(=O)c1cnc(C)nc1-c1ccccc1Cl. The van der Waals surface area contributed by atoms with Crippen LogP contribution >= 0.6 is 11.6 Å². The molecule has 1 aromatic carbocycles. The molecule has 4 nitrogen and oxygen atoms in total. The topological polar surface area (TPSA) is 52.1 Å². The summed E-state index contributed by atoms with van der Waals surface area (Å²) in [7, 11) is 1.32. The number of methoxy groups -OCH3 is 1. The van der Waals surface area contributed by atoms with Gasteiger partial charge in [0.2, 0.25) is 0 Å². The van der Waals surface area contributed by atoms with E-state index < -0.39 is 5.97 Å². The molecule has 0 N–H and O–H groups in total. The van der Waals surface area contributed by atoms with Gasteiger partial charge in [-0.25, -0.2) is 14.8 Å². The molecule has 0 fully saturated rings. The van der Waals surface area contributed by atoms with E-state index in [1.54, 1.807) is 19.1 Å². The molecule has 0 saturated heterocycles. The standard InChI is InChI=1S/C13H11ClN2O2/c1-8-15-7-10(13(17)18-2)12(16-8)9-5-3-4-6-11(9)14/h3-7H,1-2H3. The van der Waals surface area contributed by atoms with Gasteiger partial charge >= 0.3 is 5.97 Å². The van der Waals surface area contributed by atoms with Crippen LogP contribution in [0.15, 0.2) is 30.5 Å². The summed E-state index contributed by atoms with van der Waals surface area (Å²) in [5, 5.41) is 0.528. The van der Waals surface area contributed by atoms with Crippen LogP contribution < -0.4 is 0 Å². The van der Waals surface area contributed by atoms with Crippen LogP contribution in [0.2, 0.25) is 5.02 Å². The molecule has 2 rings (SSSR count). The number of nitrogens with zero attached hydrogens (tertiary/aromatic N) is 2. The van der Waals surface area contributed by atoms with Gasteiger partial charge in [-0.2, -0.15) is 0 Å². The Labute approximate surface area is 110 Å². The number of aryl methyl sites for hydroxylation is 1. The second kappa shape index (κ2) is 5.14. The van der Waals surface area contributed by atoms with Crippen molar-refractivity contribution in [1.29, 1.82) is 0 Å². The van der Waals surface area contributed by atoms with Crippen LogP contribution in [-0.2, 0) is 4.74 Å². The van der Waals surface area contributed by atoms with Crippen molar-refractivity contribution in [2.75, 3.05) is 7.11 Å². The largest absolute Gasteiger partial charge is 0.465 e. The first-order valence-electron chi connectivity index (χ1n) is 5.30. The highest BCUT2D eigenvalue weighted by Gasteiger charge is 2.17. The highest BCUT2D eigenvalue weighted by atomic mass is 35.5. The summed E-state index contributed by atoms with van der Waals surface area (Å²) < 4.78 is 4.72. The van der Waals surface area contributed by atoms with Crippen molar-refractivity contribution in [2.24, 2.45) is 0 Å². The van der Waals surface area contributed by atoms with Crippen molar-refractivity contribution in [1.82, 2.24) is 9.97 Å². The minimum absolute atomic E-state index is 0.302. The maximum absolute atomic E-state index is 11.7. The molecule has 0 atom stereocenters. The van der Waals surface area contributed by atoms with Gasteiger partial charge < -0.3 is 4.74 Å². The number of rotatable bonds is 2. The number of carbonyl (C=O) groups excluding carboxylic acids is 1. The maximum atomic E-state index is 11.7. The van der Waals surface area contributed by atoms with Gasteiger partial charge in [-0.15, -0.1) is 0 Å². The first-order chi connectivity index (χ1) is 8.63. The molecule has 92 valence electrons. The highest BCUT2D eigenvalue weighted by molar-refractivity contribution is 6.33. The predicted molar refractivity (Wildman–Crippen MR) is 68.6 cm³/mol.